The fourth-order valence-corrected chi connectivity index (χ4v) is 4.78. The van der Waals surface area contributed by atoms with E-state index in [4.69, 9.17) is 0 Å². The summed E-state index contributed by atoms with van der Waals surface area (Å²) in [6, 6.07) is 5.28. The van der Waals surface area contributed by atoms with Crippen LogP contribution in [0.2, 0.25) is 0 Å². The van der Waals surface area contributed by atoms with Crippen LogP contribution in [0.3, 0.4) is 0 Å². The number of halogens is 3. The van der Waals surface area contributed by atoms with Crippen molar-refractivity contribution >= 4 is 29.4 Å². The first kappa shape index (κ1) is 19.7. The number of unbranched alkanes of at least 4 members (excludes halogenated alkanes) is 1. The van der Waals surface area contributed by atoms with Gasteiger partial charge in [0.15, 0.2) is 0 Å². The van der Waals surface area contributed by atoms with Gasteiger partial charge < -0.3 is 20.7 Å². The number of carbonyl (C=O) groups excluding carboxylic acids is 2. The fourth-order valence-electron chi connectivity index (χ4n) is 3.24. The highest BCUT2D eigenvalue weighted by Crippen LogP contribution is 2.33. The van der Waals surface area contributed by atoms with Gasteiger partial charge in [0.1, 0.15) is 5.75 Å². The largest absolute Gasteiger partial charge is 0.573 e. The number of nitrogens with one attached hydrogen (secondary N) is 3. The lowest BCUT2D eigenvalue weighted by molar-refractivity contribution is -0.274. The second kappa shape index (κ2) is 8.28. The van der Waals surface area contributed by atoms with E-state index in [0.717, 1.165) is 30.7 Å². The van der Waals surface area contributed by atoms with Crippen molar-refractivity contribution in [2.75, 3.05) is 11.1 Å². The summed E-state index contributed by atoms with van der Waals surface area (Å²) in [6.07, 6.45) is -1.92. The Bertz CT molecular complexity index is 684. The van der Waals surface area contributed by atoms with Gasteiger partial charge in [0.25, 0.3) is 0 Å². The van der Waals surface area contributed by atoms with Gasteiger partial charge in [0.05, 0.1) is 12.1 Å². The van der Waals surface area contributed by atoms with Gasteiger partial charge in [-0.1, -0.05) is 6.42 Å². The maximum Gasteiger partial charge on any atom is 0.573 e. The Morgan fingerprint density at radius 1 is 1.22 bits per heavy atom. The first-order valence-electron chi connectivity index (χ1n) is 8.64. The third kappa shape index (κ3) is 5.69. The van der Waals surface area contributed by atoms with Crippen LogP contribution in [0.1, 0.15) is 25.7 Å². The van der Waals surface area contributed by atoms with Crippen LogP contribution in [0.25, 0.3) is 0 Å². The average molecular weight is 403 g/mol. The number of anilines is 1. The Balaban J connectivity index is 1.34. The van der Waals surface area contributed by atoms with Crippen LogP contribution in [-0.4, -0.2) is 41.4 Å². The summed E-state index contributed by atoms with van der Waals surface area (Å²) in [5.41, 5.74) is 0.420. The Morgan fingerprint density at radius 2 is 1.96 bits per heavy atom. The van der Waals surface area contributed by atoms with Crippen molar-refractivity contribution in [1.29, 1.82) is 0 Å². The molecule has 2 aliphatic rings. The molecule has 2 saturated heterocycles. The van der Waals surface area contributed by atoms with Gasteiger partial charge >= 0.3 is 12.4 Å². The van der Waals surface area contributed by atoms with E-state index >= 15 is 0 Å². The smallest absolute Gasteiger partial charge is 0.406 e. The van der Waals surface area contributed by atoms with E-state index in [-0.39, 0.29) is 29.8 Å². The topological polar surface area (TPSA) is 79.5 Å². The van der Waals surface area contributed by atoms with Crippen molar-refractivity contribution in [2.24, 2.45) is 0 Å². The molecule has 0 aromatic heterocycles. The molecular formula is C17H20F3N3O3S. The van der Waals surface area contributed by atoms with E-state index in [1.165, 1.54) is 12.1 Å². The highest BCUT2D eigenvalue weighted by molar-refractivity contribution is 8.00. The van der Waals surface area contributed by atoms with Crippen LogP contribution in [0.4, 0.5) is 23.7 Å². The Hall–Kier alpha value is -2.10. The van der Waals surface area contributed by atoms with Crippen LogP contribution < -0.4 is 20.7 Å². The minimum atomic E-state index is -4.74. The van der Waals surface area contributed by atoms with E-state index in [1.807, 2.05) is 11.8 Å². The van der Waals surface area contributed by atoms with Crippen LogP contribution in [0, 0.1) is 0 Å². The molecule has 3 amide bonds. The molecule has 3 atom stereocenters. The summed E-state index contributed by atoms with van der Waals surface area (Å²) < 4.78 is 40.1. The maximum atomic E-state index is 12.1. The van der Waals surface area contributed by atoms with Gasteiger partial charge in [-0.05, 0) is 37.1 Å². The summed E-state index contributed by atoms with van der Waals surface area (Å²) in [5.74, 6) is 0.386. The second-order valence-electron chi connectivity index (χ2n) is 6.49. The summed E-state index contributed by atoms with van der Waals surface area (Å²) in [4.78, 5) is 23.3. The lowest BCUT2D eigenvalue weighted by Gasteiger charge is -2.16. The standard InChI is InChI=1S/C17H20F3N3O3S/c18-17(19,20)26-11-7-5-10(6-8-11)21-14(24)4-2-1-3-13-15-12(9-27-13)22-16(25)23-15/h5-8,12-13,15H,1-4,9H2,(H,21,24)(H2,22,23,25)/t12-,13+,15+/m0/s1. The van der Waals surface area contributed by atoms with E-state index in [1.54, 1.807) is 0 Å². The minimum Gasteiger partial charge on any atom is -0.406 e. The molecule has 0 aliphatic carbocycles. The van der Waals surface area contributed by atoms with Gasteiger partial charge in [-0.2, -0.15) is 11.8 Å². The summed E-state index contributed by atoms with van der Waals surface area (Å²) in [6.45, 7) is 0. The van der Waals surface area contributed by atoms with Gasteiger partial charge in [-0.15, -0.1) is 13.2 Å². The minimum absolute atomic E-state index is 0.110. The molecule has 148 valence electrons. The second-order valence-corrected chi connectivity index (χ2v) is 7.76. The lowest BCUT2D eigenvalue weighted by atomic mass is 10.0. The van der Waals surface area contributed by atoms with Gasteiger partial charge in [0.2, 0.25) is 5.91 Å². The molecule has 0 unspecified atom stereocenters. The summed E-state index contributed by atoms with van der Waals surface area (Å²) >= 11 is 1.83. The highest BCUT2D eigenvalue weighted by atomic mass is 32.2. The number of urea groups is 1. The van der Waals surface area contributed by atoms with E-state index in [2.05, 4.69) is 20.7 Å². The maximum absolute atomic E-state index is 12.1. The number of hydrogen-bond donors (Lipinski definition) is 3. The molecule has 2 heterocycles. The van der Waals surface area contributed by atoms with Crippen LogP contribution >= 0.6 is 11.8 Å². The quantitative estimate of drug-likeness (QED) is 0.482. The SMILES string of the molecule is O=C(CCCC[C@H]1SC[C@@H]2NC(=O)N[C@H]21)Nc1ccc(OC(F)(F)F)cc1. The molecule has 1 aromatic rings. The third-order valence-corrected chi connectivity index (χ3v) is 5.96. The molecule has 0 bridgehead atoms. The molecule has 0 spiro atoms. The number of ether oxygens (including phenoxy) is 1. The van der Waals surface area contributed by atoms with E-state index in [9.17, 15) is 22.8 Å². The van der Waals surface area contributed by atoms with Crippen molar-refractivity contribution in [3.05, 3.63) is 24.3 Å². The number of alkyl halides is 3. The Morgan fingerprint density at radius 3 is 2.67 bits per heavy atom. The number of amides is 3. The number of fused-ring (bicyclic) bond motifs is 1. The number of benzene rings is 1. The Kier molecular flexibility index (Phi) is 6.03. The molecule has 2 fully saturated rings. The van der Waals surface area contributed by atoms with Crippen molar-refractivity contribution in [2.45, 2.75) is 49.4 Å². The third-order valence-electron chi connectivity index (χ3n) is 4.45. The van der Waals surface area contributed by atoms with Crippen LogP contribution in [0.5, 0.6) is 5.75 Å². The lowest BCUT2D eigenvalue weighted by Crippen LogP contribution is -2.36. The average Bonchev–Trinajstić information content (AvgIpc) is 3.12. The summed E-state index contributed by atoms with van der Waals surface area (Å²) in [7, 11) is 0. The zero-order valence-electron chi connectivity index (χ0n) is 14.3. The molecule has 27 heavy (non-hydrogen) atoms. The molecule has 2 aliphatic heterocycles. The number of hydrogen-bond acceptors (Lipinski definition) is 4. The molecule has 6 nitrogen and oxygen atoms in total. The molecule has 3 N–H and O–H groups in total. The van der Waals surface area contributed by atoms with Crippen molar-refractivity contribution in [3.63, 3.8) is 0 Å². The number of carbonyl (C=O) groups is 2. The number of thioether (sulfide) groups is 1. The first-order valence-corrected chi connectivity index (χ1v) is 9.69. The van der Waals surface area contributed by atoms with Crippen molar-refractivity contribution in [3.8, 4) is 5.75 Å². The monoisotopic (exact) mass is 403 g/mol. The van der Waals surface area contributed by atoms with Gasteiger partial charge in [0, 0.05) is 23.1 Å². The highest BCUT2D eigenvalue weighted by Gasteiger charge is 2.42. The molecule has 10 heteroatoms. The molecule has 0 radical (unpaired) electrons. The Labute approximate surface area is 158 Å². The predicted molar refractivity (Wildman–Crippen MR) is 95.7 cm³/mol. The number of rotatable bonds is 7. The molecule has 0 saturated carbocycles. The zero-order valence-corrected chi connectivity index (χ0v) is 15.2. The normalized spacial score (nSPS) is 24.1. The zero-order chi connectivity index (χ0) is 19.4. The van der Waals surface area contributed by atoms with Crippen LogP contribution in [-0.2, 0) is 4.79 Å². The van der Waals surface area contributed by atoms with Crippen LogP contribution in [0.15, 0.2) is 24.3 Å². The molecule has 1 aromatic carbocycles. The van der Waals surface area contributed by atoms with Crippen molar-refractivity contribution in [1.82, 2.24) is 10.6 Å². The van der Waals surface area contributed by atoms with Crippen molar-refractivity contribution < 1.29 is 27.5 Å². The van der Waals surface area contributed by atoms with Gasteiger partial charge in [-0.3, -0.25) is 4.79 Å². The fraction of sp³-hybridized carbons (Fsp3) is 0.529. The molecular weight excluding hydrogens is 383 g/mol. The summed E-state index contributed by atoms with van der Waals surface area (Å²) in [5, 5.41) is 8.84. The van der Waals surface area contributed by atoms with E-state index < -0.39 is 6.36 Å². The molecule has 3 rings (SSSR count). The first-order chi connectivity index (χ1) is 12.8. The van der Waals surface area contributed by atoms with Gasteiger partial charge in [-0.25, -0.2) is 4.79 Å². The van der Waals surface area contributed by atoms with E-state index in [0.29, 0.717) is 23.8 Å². The predicted octanol–water partition coefficient (Wildman–Crippen LogP) is 3.25.